The van der Waals surface area contributed by atoms with Crippen molar-refractivity contribution in [3.05, 3.63) is 65.7 Å². The number of likely N-dealkylation sites (tertiary alicyclic amines) is 1. The van der Waals surface area contributed by atoms with Crippen LogP contribution >= 0.6 is 0 Å². The average Bonchev–Trinajstić information content (AvgIpc) is 2.73. The quantitative estimate of drug-likeness (QED) is 0.601. The maximum Gasteiger partial charge on any atom is 0.119 e. The van der Waals surface area contributed by atoms with E-state index in [9.17, 15) is 5.11 Å². The molecule has 1 aliphatic rings. The standard InChI is InChI=1S/C26H37NO2/c1-4-29-24-15-13-23(14-16-24)26(28,19-21(2)3)25(22-11-7-5-8-12-22)20-27-17-9-6-10-18-27/h5,7-8,11-16,21,25,28H,4,6,9-10,17-20H2,1-3H3/t25-,26+/m0/s1. The van der Waals surface area contributed by atoms with Gasteiger partial charge in [-0.3, -0.25) is 0 Å². The van der Waals surface area contributed by atoms with E-state index >= 15 is 0 Å². The van der Waals surface area contributed by atoms with Crippen molar-refractivity contribution in [2.75, 3.05) is 26.2 Å². The number of ether oxygens (including phenoxy) is 1. The van der Waals surface area contributed by atoms with Gasteiger partial charge in [0.1, 0.15) is 5.75 Å². The molecule has 0 spiro atoms. The number of rotatable bonds is 9. The van der Waals surface area contributed by atoms with Crippen LogP contribution in [0.3, 0.4) is 0 Å². The Labute approximate surface area is 176 Å². The van der Waals surface area contributed by atoms with Crippen LogP contribution in [-0.4, -0.2) is 36.2 Å². The summed E-state index contributed by atoms with van der Waals surface area (Å²) in [6, 6.07) is 18.7. The lowest BCUT2D eigenvalue weighted by Crippen LogP contribution is -2.43. The molecule has 1 saturated heterocycles. The summed E-state index contributed by atoms with van der Waals surface area (Å²) < 4.78 is 5.63. The summed E-state index contributed by atoms with van der Waals surface area (Å²) >= 11 is 0. The number of benzene rings is 2. The Morgan fingerprint density at radius 3 is 2.21 bits per heavy atom. The van der Waals surface area contributed by atoms with Crippen LogP contribution in [0.25, 0.3) is 0 Å². The second kappa shape index (κ2) is 10.3. The van der Waals surface area contributed by atoms with Gasteiger partial charge < -0.3 is 14.7 Å². The minimum Gasteiger partial charge on any atom is -0.494 e. The number of hydrogen-bond acceptors (Lipinski definition) is 3. The molecule has 1 fully saturated rings. The Morgan fingerprint density at radius 2 is 1.62 bits per heavy atom. The lowest BCUT2D eigenvalue weighted by Gasteiger charge is -2.42. The Kier molecular flexibility index (Phi) is 7.74. The van der Waals surface area contributed by atoms with E-state index < -0.39 is 5.60 Å². The van der Waals surface area contributed by atoms with E-state index in [0.717, 1.165) is 37.4 Å². The second-order valence-electron chi connectivity index (χ2n) is 8.80. The van der Waals surface area contributed by atoms with Crippen molar-refractivity contribution in [1.82, 2.24) is 4.90 Å². The molecule has 0 unspecified atom stereocenters. The van der Waals surface area contributed by atoms with E-state index in [-0.39, 0.29) is 5.92 Å². The highest BCUT2D eigenvalue weighted by Gasteiger charge is 2.41. The van der Waals surface area contributed by atoms with Crippen LogP contribution in [0.15, 0.2) is 54.6 Å². The second-order valence-corrected chi connectivity index (χ2v) is 8.80. The van der Waals surface area contributed by atoms with E-state index in [1.807, 2.05) is 19.1 Å². The first-order chi connectivity index (χ1) is 14.0. The zero-order valence-corrected chi connectivity index (χ0v) is 18.3. The zero-order chi connectivity index (χ0) is 20.7. The summed E-state index contributed by atoms with van der Waals surface area (Å²) in [6.45, 7) is 10.2. The summed E-state index contributed by atoms with van der Waals surface area (Å²) in [7, 11) is 0. The Bertz CT molecular complexity index is 722. The van der Waals surface area contributed by atoms with Crippen LogP contribution in [0.1, 0.15) is 63.5 Å². The van der Waals surface area contributed by atoms with Gasteiger partial charge >= 0.3 is 0 Å². The number of hydrogen-bond donors (Lipinski definition) is 1. The smallest absolute Gasteiger partial charge is 0.119 e. The molecule has 2 aromatic rings. The molecule has 29 heavy (non-hydrogen) atoms. The Hall–Kier alpha value is -1.84. The van der Waals surface area contributed by atoms with Gasteiger partial charge in [-0.05, 0) is 68.5 Å². The molecule has 3 rings (SSSR count). The molecular formula is C26H37NO2. The molecule has 158 valence electrons. The first-order valence-corrected chi connectivity index (χ1v) is 11.3. The van der Waals surface area contributed by atoms with E-state index in [0.29, 0.717) is 12.5 Å². The van der Waals surface area contributed by atoms with E-state index in [2.05, 4.69) is 61.2 Å². The van der Waals surface area contributed by atoms with Gasteiger partial charge in [0.15, 0.2) is 0 Å². The first-order valence-electron chi connectivity index (χ1n) is 11.3. The van der Waals surface area contributed by atoms with Gasteiger partial charge in [-0.15, -0.1) is 0 Å². The van der Waals surface area contributed by atoms with Gasteiger partial charge in [0.2, 0.25) is 0 Å². The number of piperidine rings is 1. The highest BCUT2D eigenvalue weighted by Crippen LogP contribution is 2.43. The van der Waals surface area contributed by atoms with E-state index in [1.54, 1.807) is 0 Å². The van der Waals surface area contributed by atoms with Crippen LogP contribution < -0.4 is 4.74 Å². The zero-order valence-electron chi connectivity index (χ0n) is 18.3. The third-order valence-electron chi connectivity index (χ3n) is 6.05. The summed E-state index contributed by atoms with van der Waals surface area (Å²) in [5, 5.41) is 12.3. The lowest BCUT2D eigenvalue weighted by atomic mass is 9.72. The predicted molar refractivity (Wildman–Crippen MR) is 120 cm³/mol. The molecule has 0 aliphatic carbocycles. The monoisotopic (exact) mass is 395 g/mol. The highest BCUT2D eigenvalue weighted by atomic mass is 16.5. The molecule has 3 heteroatoms. The average molecular weight is 396 g/mol. The number of aliphatic hydroxyl groups is 1. The molecule has 0 amide bonds. The molecule has 1 aliphatic heterocycles. The SMILES string of the molecule is CCOc1ccc([C@](O)(CC(C)C)[C@@H](CN2CCCCC2)c2ccccc2)cc1. The van der Waals surface area contributed by atoms with Gasteiger partial charge in [-0.2, -0.15) is 0 Å². The fourth-order valence-corrected chi connectivity index (χ4v) is 4.71. The molecular weight excluding hydrogens is 358 g/mol. The van der Waals surface area contributed by atoms with Gasteiger partial charge in [-0.1, -0.05) is 62.7 Å². The minimum atomic E-state index is -0.919. The van der Waals surface area contributed by atoms with Crippen molar-refractivity contribution in [3.8, 4) is 5.75 Å². The maximum absolute atomic E-state index is 12.3. The van der Waals surface area contributed by atoms with Gasteiger partial charge in [-0.25, -0.2) is 0 Å². The van der Waals surface area contributed by atoms with Crippen LogP contribution in [0.2, 0.25) is 0 Å². The highest BCUT2D eigenvalue weighted by molar-refractivity contribution is 5.35. The fraction of sp³-hybridized carbons (Fsp3) is 0.538. The molecule has 2 aromatic carbocycles. The normalized spacial score (nSPS) is 18.4. The van der Waals surface area contributed by atoms with Crippen LogP contribution in [0, 0.1) is 5.92 Å². The summed E-state index contributed by atoms with van der Waals surface area (Å²) in [4.78, 5) is 2.54. The van der Waals surface area contributed by atoms with Crippen molar-refractivity contribution in [1.29, 1.82) is 0 Å². The lowest BCUT2D eigenvalue weighted by molar-refractivity contribution is -0.0245. The molecule has 0 bridgehead atoms. The molecule has 0 radical (unpaired) electrons. The molecule has 1 N–H and O–H groups in total. The molecule has 1 heterocycles. The van der Waals surface area contributed by atoms with Crippen LogP contribution in [-0.2, 0) is 5.60 Å². The van der Waals surface area contributed by atoms with Gasteiger partial charge in [0.05, 0.1) is 12.2 Å². The summed E-state index contributed by atoms with van der Waals surface area (Å²) in [5.41, 5.74) is 1.29. The van der Waals surface area contributed by atoms with Crippen molar-refractivity contribution in [2.45, 2.75) is 58.0 Å². The first kappa shape index (κ1) is 21.9. The van der Waals surface area contributed by atoms with Crippen molar-refractivity contribution < 1.29 is 9.84 Å². The van der Waals surface area contributed by atoms with Crippen LogP contribution in [0.5, 0.6) is 5.75 Å². The molecule has 3 nitrogen and oxygen atoms in total. The van der Waals surface area contributed by atoms with Crippen LogP contribution in [0.4, 0.5) is 0 Å². The summed E-state index contributed by atoms with van der Waals surface area (Å²) in [5.74, 6) is 1.27. The number of nitrogens with zero attached hydrogens (tertiary/aromatic N) is 1. The van der Waals surface area contributed by atoms with E-state index in [1.165, 1.54) is 24.8 Å². The third-order valence-corrected chi connectivity index (χ3v) is 6.05. The molecule has 0 saturated carbocycles. The predicted octanol–water partition coefficient (Wildman–Crippen LogP) is 5.59. The summed E-state index contributed by atoms with van der Waals surface area (Å²) in [6.07, 6.45) is 4.57. The Morgan fingerprint density at radius 1 is 0.966 bits per heavy atom. The fourth-order valence-electron chi connectivity index (χ4n) is 4.71. The largest absolute Gasteiger partial charge is 0.494 e. The Balaban J connectivity index is 1.99. The third kappa shape index (κ3) is 5.61. The van der Waals surface area contributed by atoms with E-state index in [4.69, 9.17) is 4.74 Å². The molecule has 0 aromatic heterocycles. The van der Waals surface area contributed by atoms with Crippen molar-refractivity contribution in [3.63, 3.8) is 0 Å². The molecule has 2 atom stereocenters. The van der Waals surface area contributed by atoms with Gasteiger partial charge in [0.25, 0.3) is 0 Å². The van der Waals surface area contributed by atoms with Crippen molar-refractivity contribution in [2.24, 2.45) is 5.92 Å². The minimum absolute atomic E-state index is 0.0298. The van der Waals surface area contributed by atoms with Crippen molar-refractivity contribution >= 4 is 0 Å². The topological polar surface area (TPSA) is 32.7 Å². The maximum atomic E-state index is 12.3. The van der Waals surface area contributed by atoms with Gasteiger partial charge in [0, 0.05) is 12.5 Å².